The highest BCUT2D eigenvalue weighted by Crippen LogP contribution is 2.26. The van der Waals surface area contributed by atoms with Crippen LogP contribution in [0.5, 0.6) is 0 Å². The molecule has 4 rings (SSSR count). The summed E-state index contributed by atoms with van der Waals surface area (Å²) in [7, 11) is 0. The summed E-state index contributed by atoms with van der Waals surface area (Å²) in [4.78, 5) is 20.9. The van der Waals surface area contributed by atoms with E-state index in [4.69, 9.17) is 5.10 Å². The molecule has 0 aliphatic carbocycles. The van der Waals surface area contributed by atoms with Gasteiger partial charge in [-0.05, 0) is 24.6 Å². The summed E-state index contributed by atoms with van der Waals surface area (Å²) in [5.74, 6) is -0.250. The van der Waals surface area contributed by atoms with Gasteiger partial charge in [-0.15, -0.1) is 0 Å². The minimum absolute atomic E-state index is 0.0192. The molecule has 0 saturated carbocycles. The Morgan fingerprint density at radius 1 is 1.30 bits per heavy atom. The molecule has 1 aromatic carbocycles. The molecule has 1 amide bonds. The Morgan fingerprint density at radius 3 is 2.96 bits per heavy atom. The summed E-state index contributed by atoms with van der Waals surface area (Å²) >= 11 is 0. The molecule has 7 nitrogen and oxygen atoms in total. The van der Waals surface area contributed by atoms with Crippen LogP contribution >= 0.6 is 0 Å². The zero-order valence-corrected chi connectivity index (χ0v) is 14.9. The third-order valence-electron chi connectivity index (χ3n) is 4.80. The Labute approximate surface area is 156 Å². The lowest BCUT2D eigenvalue weighted by Gasteiger charge is -2.07. The first-order chi connectivity index (χ1) is 13.2. The van der Waals surface area contributed by atoms with Crippen molar-refractivity contribution in [1.82, 2.24) is 30.4 Å². The van der Waals surface area contributed by atoms with E-state index < -0.39 is 0 Å². The fraction of sp³-hybridized carbons (Fsp3) is 0.368. The number of rotatable bonds is 6. The lowest BCUT2D eigenvalue weighted by atomic mass is 10.0. The monoisotopic (exact) mass is 368 g/mol. The number of hydrogen-bond donors (Lipinski definition) is 2. The fourth-order valence-corrected chi connectivity index (χ4v) is 3.42. The molecular formula is C19H21FN6O. The second kappa shape index (κ2) is 7.79. The van der Waals surface area contributed by atoms with Crippen molar-refractivity contribution in [3.05, 3.63) is 53.7 Å². The Morgan fingerprint density at radius 2 is 2.15 bits per heavy atom. The Balaban J connectivity index is 1.42. The summed E-state index contributed by atoms with van der Waals surface area (Å²) < 4.78 is 15.4. The van der Waals surface area contributed by atoms with Crippen LogP contribution in [0.4, 0.5) is 4.39 Å². The van der Waals surface area contributed by atoms with Crippen LogP contribution in [0.2, 0.25) is 0 Å². The molecule has 8 heteroatoms. The molecule has 3 heterocycles. The molecule has 2 aromatic heterocycles. The number of amides is 1. The summed E-state index contributed by atoms with van der Waals surface area (Å²) in [6, 6.07) is 6.31. The van der Waals surface area contributed by atoms with Gasteiger partial charge in [0, 0.05) is 31.4 Å². The van der Waals surface area contributed by atoms with Crippen molar-refractivity contribution in [2.24, 2.45) is 0 Å². The average molecular weight is 368 g/mol. The van der Waals surface area contributed by atoms with E-state index in [1.54, 1.807) is 35.3 Å². The Kier molecular flexibility index (Phi) is 5.06. The minimum Gasteiger partial charge on any atom is -0.354 e. The lowest BCUT2D eigenvalue weighted by Crippen LogP contribution is -2.29. The van der Waals surface area contributed by atoms with Crippen LogP contribution < -0.4 is 10.6 Å². The lowest BCUT2D eigenvalue weighted by molar-refractivity contribution is -0.120. The molecule has 3 aromatic rings. The van der Waals surface area contributed by atoms with Gasteiger partial charge in [0.2, 0.25) is 5.91 Å². The third-order valence-corrected chi connectivity index (χ3v) is 4.80. The molecule has 1 aliphatic heterocycles. The van der Waals surface area contributed by atoms with Crippen molar-refractivity contribution >= 4 is 17.1 Å². The highest BCUT2D eigenvalue weighted by atomic mass is 19.1. The number of nitrogens with one attached hydrogen (secondary N) is 2. The van der Waals surface area contributed by atoms with Gasteiger partial charge in [0.05, 0.1) is 18.7 Å². The topological polar surface area (TPSA) is 84.7 Å². The number of halogens is 1. The van der Waals surface area contributed by atoms with Crippen molar-refractivity contribution < 1.29 is 9.18 Å². The van der Waals surface area contributed by atoms with Crippen molar-refractivity contribution in [3.8, 4) is 0 Å². The minimum atomic E-state index is -0.365. The zero-order chi connectivity index (χ0) is 18.6. The number of benzene rings is 1. The maximum Gasteiger partial charge on any atom is 0.224 e. The van der Waals surface area contributed by atoms with Gasteiger partial charge < -0.3 is 10.6 Å². The van der Waals surface area contributed by atoms with Crippen molar-refractivity contribution in [1.29, 1.82) is 0 Å². The van der Waals surface area contributed by atoms with E-state index in [-0.39, 0.29) is 18.1 Å². The molecule has 1 saturated heterocycles. The van der Waals surface area contributed by atoms with Gasteiger partial charge in [0.1, 0.15) is 11.3 Å². The van der Waals surface area contributed by atoms with E-state index >= 15 is 0 Å². The van der Waals surface area contributed by atoms with Crippen LogP contribution in [-0.4, -0.2) is 45.3 Å². The van der Waals surface area contributed by atoms with E-state index in [0.29, 0.717) is 24.6 Å². The van der Waals surface area contributed by atoms with Gasteiger partial charge in [-0.3, -0.25) is 4.79 Å². The van der Waals surface area contributed by atoms with Gasteiger partial charge in [-0.1, -0.05) is 18.2 Å². The molecule has 0 unspecified atom stereocenters. The molecule has 1 atom stereocenters. The summed E-state index contributed by atoms with van der Waals surface area (Å²) in [6.45, 7) is 2.74. The second-order valence-electron chi connectivity index (χ2n) is 6.64. The first kappa shape index (κ1) is 17.5. The van der Waals surface area contributed by atoms with E-state index in [1.165, 1.54) is 6.07 Å². The number of fused-ring (bicyclic) bond motifs is 1. The predicted octanol–water partition coefficient (Wildman–Crippen LogP) is 1.40. The predicted molar refractivity (Wildman–Crippen MR) is 98.7 cm³/mol. The van der Waals surface area contributed by atoms with Crippen LogP contribution in [0.15, 0.2) is 36.7 Å². The van der Waals surface area contributed by atoms with Gasteiger partial charge in [0.25, 0.3) is 0 Å². The highest BCUT2D eigenvalue weighted by molar-refractivity contribution is 5.78. The van der Waals surface area contributed by atoms with Gasteiger partial charge in [0.15, 0.2) is 5.65 Å². The van der Waals surface area contributed by atoms with E-state index in [0.717, 1.165) is 36.4 Å². The van der Waals surface area contributed by atoms with Crippen LogP contribution in [0, 0.1) is 5.82 Å². The van der Waals surface area contributed by atoms with Crippen molar-refractivity contribution in [2.45, 2.75) is 25.3 Å². The Bertz CT molecular complexity index is 950. The molecule has 0 spiro atoms. The first-order valence-corrected chi connectivity index (χ1v) is 9.10. The fourth-order valence-electron chi connectivity index (χ4n) is 3.42. The standard InChI is InChI=1S/C19H21FN6O/c20-15-4-2-1-3-13(15)11-16(27)22-9-10-26-19-18(23-7-8-24-19)17(25-26)14-5-6-21-12-14/h1-4,7-8,14,21H,5-6,9-12H2,(H,22,27)/t14-/m0/s1. The molecule has 140 valence electrons. The molecule has 1 fully saturated rings. The second-order valence-corrected chi connectivity index (χ2v) is 6.64. The van der Waals surface area contributed by atoms with Crippen molar-refractivity contribution in [3.63, 3.8) is 0 Å². The van der Waals surface area contributed by atoms with E-state index in [1.807, 2.05) is 0 Å². The van der Waals surface area contributed by atoms with Crippen molar-refractivity contribution in [2.75, 3.05) is 19.6 Å². The third kappa shape index (κ3) is 3.80. The Hall–Kier alpha value is -2.87. The summed E-state index contributed by atoms with van der Waals surface area (Å²) in [5, 5.41) is 10.9. The summed E-state index contributed by atoms with van der Waals surface area (Å²) in [5.41, 5.74) is 2.90. The molecule has 1 aliphatic rings. The molecule has 27 heavy (non-hydrogen) atoms. The smallest absolute Gasteiger partial charge is 0.224 e. The highest BCUT2D eigenvalue weighted by Gasteiger charge is 2.24. The quantitative estimate of drug-likeness (QED) is 0.687. The zero-order valence-electron chi connectivity index (χ0n) is 14.9. The molecule has 0 radical (unpaired) electrons. The maximum atomic E-state index is 13.6. The van der Waals surface area contributed by atoms with E-state index in [2.05, 4.69) is 20.6 Å². The number of carbonyl (C=O) groups excluding carboxylic acids is 1. The van der Waals surface area contributed by atoms with Gasteiger partial charge in [-0.25, -0.2) is 19.0 Å². The number of hydrogen-bond acceptors (Lipinski definition) is 5. The van der Waals surface area contributed by atoms with Crippen LogP contribution in [0.25, 0.3) is 11.2 Å². The molecule has 2 N–H and O–H groups in total. The first-order valence-electron chi connectivity index (χ1n) is 9.10. The average Bonchev–Trinajstić information content (AvgIpc) is 3.32. The SMILES string of the molecule is O=C(Cc1ccccc1F)NCCn1nc([C@H]2CCNC2)c2nccnc21. The van der Waals surface area contributed by atoms with Gasteiger partial charge in [-0.2, -0.15) is 5.10 Å². The molecular weight excluding hydrogens is 347 g/mol. The van der Waals surface area contributed by atoms with Crippen LogP contribution in [-0.2, 0) is 17.8 Å². The largest absolute Gasteiger partial charge is 0.354 e. The number of nitrogens with zero attached hydrogens (tertiary/aromatic N) is 4. The number of aromatic nitrogens is 4. The molecule has 0 bridgehead atoms. The van der Waals surface area contributed by atoms with E-state index in [9.17, 15) is 9.18 Å². The normalized spacial score (nSPS) is 16.7. The van der Waals surface area contributed by atoms with Gasteiger partial charge >= 0.3 is 0 Å². The van der Waals surface area contributed by atoms with Crippen LogP contribution in [0.3, 0.4) is 0 Å². The maximum absolute atomic E-state index is 13.6. The van der Waals surface area contributed by atoms with Crippen LogP contribution in [0.1, 0.15) is 23.6 Å². The number of carbonyl (C=O) groups is 1. The summed E-state index contributed by atoms with van der Waals surface area (Å²) in [6.07, 6.45) is 4.37.